The highest BCUT2D eigenvalue weighted by atomic mass is 16.2. The van der Waals surface area contributed by atoms with Gasteiger partial charge in [0.15, 0.2) is 0 Å². The third-order valence-corrected chi connectivity index (χ3v) is 3.00. The molecule has 2 rings (SSSR count). The molecule has 102 valence electrons. The Bertz CT molecular complexity index is 430. The van der Waals surface area contributed by atoms with E-state index in [4.69, 9.17) is 0 Å². The highest BCUT2D eigenvalue weighted by molar-refractivity contribution is 5.95. The van der Waals surface area contributed by atoms with Crippen LogP contribution in [0, 0.1) is 0 Å². The number of amides is 3. The minimum atomic E-state index is -0.379. The number of carbonyl (C=O) groups is 2. The Hall–Kier alpha value is -2.08. The molecule has 0 aliphatic carbocycles. The van der Waals surface area contributed by atoms with E-state index >= 15 is 0 Å². The van der Waals surface area contributed by atoms with Crippen molar-refractivity contribution in [3.05, 3.63) is 35.9 Å². The van der Waals surface area contributed by atoms with Crippen molar-refractivity contribution >= 4 is 11.9 Å². The van der Waals surface area contributed by atoms with E-state index in [1.165, 1.54) is 0 Å². The van der Waals surface area contributed by atoms with E-state index in [1.807, 2.05) is 6.07 Å². The van der Waals surface area contributed by atoms with Crippen molar-refractivity contribution in [1.82, 2.24) is 21.5 Å². The van der Waals surface area contributed by atoms with Crippen molar-refractivity contribution in [3.63, 3.8) is 0 Å². The molecule has 1 aromatic carbocycles. The minimum Gasteiger partial charge on any atom is -0.334 e. The zero-order valence-corrected chi connectivity index (χ0v) is 10.6. The lowest BCUT2D eigenvalue weighted by molar-refractivity contribution is 0.0935. The summed E-state index contributed by atoms with van der Waals surface area (Å²) in [7, 11) is 0. The lowest BCUT2D eigenvalue weighted by Crippen LogP contribution is -2.51. The van der Waals surface area contributed by atoms with Gasteiger partial charge in [-0.25, -0.2) is 10.2 Å². The van der Waals surface area contributed by atoms with Crippen molar-refractivity contribution in [1.29, 1.82) is 0 Å². The van der Waals surface area contributed by atoms with Gasteiger partial charge in [0.2, 0.25) is 0 Å². The van der Waals surface area contributed by atoms with Gasteiger partial charge < -0.3 is 10.6 Å². The van der Waals surface area contributed by atoms with Crippen LogP contribution < -0.4 is 21.5 Å². The molecule has 4 N–H and O–H groups in total. The summed E-state index contributed by atoms with van der Waals surface area (Å²) in [5, 5.41) is 6.04. The first kappa shape index (κ1) is 13.4. The first-order valence-electron chi connectivity index (χ1n) is 6.38. The monoisotopic (exact) mass is 262 g/mol. The first-order chi connectivity index (χ1) is 9.25. The third-order valence-electron chi connectivity index (χ3n) is 3.00. The minimum absolute atomic E-state index is 0.162. The summed E-state index contributed by atoms with van der Waals surface area (Å²) in [6, 6.07) is 8.51. The van der Waals surface area contributed by atoms with Crippen LogP contribution in [0.5, 0.6) is 0 Å². The van der Waals surface area contributed by atoms with Crippen LogP contribution in [0.4, 0.5) is 4.79 Å². The van der Waals surface area contributed by atoms with Gasteiger partial charge in [0.05, 0.1) is 0 Å². The summed E-state index contributed by atoms with van der Waals surface area (Å²) in [5.74, 6) is -0.332. The molecule has 0 unspecified atom stereocenters. The van der Waals surface area contributed by atoms with Crippen LogP contribution in [0.1, 0.15) is 23.2 Å². The van der Waals surface area contributed by atoms with Crippen LogP contribution in [0.3, 0.4) is 0 Å². The molecule has 19 heavy (non-hydrogen) atoms. The van der Waals surface area contributed by atoms with Crippen LogP contribution in [-0.2, 0) is 0 Å². The van der Waals surface area contributed by atoms with Gasteiger partial charge in [-0.05, 0) is 38.1 Å². The number of hydrogen-bond acceptors (Lipinski definition) is 3. The second kappa shape index (κ2) is 6.75. The largest absolute Gasteiger partial charge is 0.334 e. The summed E-state index contributed by atoms with van der Waals surface area (Å²) in [4.78, 5) is 23.3. The van der Waals surface area contributed by atoms with Gasteiger partial charge >= 0.3 is 6.03 Å². The van der Waals surface area contributed by atoms with Crippen LogP contribution >= 0.6 is 0 Å². The maximum atomic E-state index is 11.7. The normalized spacial score (nSPS) is 15.6. The Labute approximate surface area is 111 Å². The fraction of sp³-hybridized carbons (Fsp3) is 0.385. The number of benzene rings is 1. The van der Waals surface area contributed by atoms with Crippen LogP contribution in [0.2, 0.25) is 0 Å². The number of hydrogen-bond donors (Lipinski definition) is 4. The smallest absolute Gasteiger partial charge is 0.333 e. The third kappa shape index (κ3) is 4.26. The van der Waals surface area contributed by atoms with Crippen LogP contribution in [-0.4, -0.2) is 31.1 Å². The summed E-state index contributed by atoms with van der Waals surface area (Å²) in [6.07, 6.45) is 1.81. The Kier molecular flexibility index (Phi) is 4.74. The molecule has 1 aromatic rings. The maximum absolute atomic E-state index is 11.7. The van der Waals surface area contributed by atoms with E-state index < -0.39 is 0 Å². The quantitative estimate of drug-likeness (QED) is 0.582. The second-order valence-corrected chi connectivity index (χ2v) is 4.44. The van der Waals surface area contributed by atoms with Crippen molar-refractivity contribution in [3.8, 4) is 0 Å². The van der Waals surface area contributed by atoms with Crippen molar-refractivity contribution in [2.75, 3.05) is 13.1 Å². The molecular weight excluding hydrogens is 244 g/mol. The van der Waals surface area contributed by atoms with Crippen molar-refractivity contribution in [2.45, 2.75) is 18.9 Å². The summed E-state index contributed by atoms with van der Waals surface area (Å²) >= 11 is 0. The lowest BCUT2D eigenvalue weighted by atomic mass is 10.1. The van der Waals surface area contributed by atoms with Gasteiger partial charge in [0.1, 0.15) is 0 Å². The summed E-state index contributed by atoms with van der Waals surface area (Å²) < 4.78 is 0. The maximum Gasteiger partial charge on any atom is 0.333 e. The second-order valence-electron chi connectivity index (χ2n) is 4.44. The molecule has 0 atom stereocenters. The van der Waals surface area contributed by atoms with Gasteiger partial charge in [-0.1, -0.05) is 18.2 Å². The average Bonchev–Trinajstić information content (AvgIpc) is 2.47. The first-order valence-corrected chi connectivity index (χ1v) is 6.38. The van der Waals surface area contributed by atoms with Crippen LogP contribution in [0.25, 0.3) is 0 Å². The molecule has 0 radical (unpaired) electrons. The van der Waals surface area contributed by atoms with Crippen molar-refractivity contribution < 1.29 is 9.59 Å². The molecular formula is C13H18N4O2. The number of rotatable bonds is 2. The Balaban J connectivity index is 1.72. The predicted octanol–water partition coefficient (Wildman–Crippen LogP) is 0.383. The number of nitrogens with one attached hydrogen (secondary N) is 4. The zero-order chi connectivity index (χ0) is 13.5. The molecule has 3 amide bonds. The molecule has 1 aliphatic heterocycles. The molecule has 1 aliphatic rings. The predicted molar refractivity (Wildman–Crippen MR) is 71.5 cm³/mol. The zero-order valence-electron chi connectivity index (χ0n) is 10.6. The molecule has 0 aromatic heterocycles. The van der Waals surface area contributed by atoms with Gasteiger partial charge in [-0.3, -0.25) is 10.2 Å². The number of hydrazine groups is 1. The molecule has 1 fully saturated rings. The van der Waals surface area contributed by atoms with Crippen molar-refractivity contribution in [2.24, 2.45) is 0 Å². The average molecular weight is 262 g/mol. The molecule has 1 saturated heterocycles. The van der Waals surface area contributed by atoms with E-state index in [0.717, 1.165) is 25.9 Å². The Morgan fingerprint density at radius 2 is 1.74 bits per heavy atom. The molecule has 0 saturated carbocycles. The molecule has 6 heteroatoms. The fourth-order valence-corrected chi connectivity index (χ4v) is 1.96. The van der Waals surface area contributed by atoms with E-state index in [9.17, 15) is 9.59 Å². The van der Waals surface area contributed by atoms with Gasteiger partial charge in [-0.15, -0.1) is 0 Å². The van der Waals surface area contributed by atoms with E-state index in [1.54, 1.807) is 24.3 Å². The highest BCUT2D eigenvalue weighted by Crippen LogP contribution is 2.01. The van der Waals surface area contributed by atoms with Gasteiger partial charge in [-0.2, -0.15) is 0 Å². The Morgan fingerprint density at radius 3 is 2.42 bits per heavy atom. The number of piperidine rings is 1. The van der Waals surface area contributed by atoms with E-state index in [0.29, 0.717) is 5.56 Å². The highest BCUT2D eigenvalue weighted by Gasteiger charge is 2.15. The molecule has 0 bridgehead atoms. The van der Waals surface area contributed by atoms with E-state index in [2.05, 4.69) is 21.5 Å². The molecule has 0 spiro atoms. The number of carbonyl (C=O) groups excluding carboxylic acids is 2. The van der Waals surface area contributed by atoms with Gasteiger partial charge in [0.25, 0.3) is 5.91 Å². The SMILES string of the molecule is O=C(NNC(=O)c1ccccc1)NC1CCNCC1. The molecule has 6 nitrogen and oxygen atoms in total. The van der Waals surface area contributed by atoms with Crippen LogP contribution in [0.15, 0.2) is 30.3 Å². The fourth-order valence-electron chi connectivity index (χ4n) is 1.96. The number of urea groups is 1. The van der Waals surface area contributed by atoms with Gasteiger partial charge in [0, 0.05) is 11.6 Å². The Morgan fingerprint density at radius 1 is 1.05 bits per heavy atom. The summed E-state index contributed by atoms with van der Waals surface area (Å²) in [6.45, 7) is 1.81. The standard InChI is InChI=1S/C13H18N4O2/c18-12(10-4-2-1-3-5-10)16-17-13(19)15-11-6-8-14-9-7-11/h1-5,11,14H,6-9H2,(H,16,18)(H2,15,17,19). The molecule has 1 heterocycles. The lowest BCUT2D eigenvalue weighted by Gasteiger charge is -2.23. The van der Waals surface area contributed by atoms with E-state index in [-0.39, 0.29) is 18.0 Å². The summed E-state index contributed by atoms with van der Waals surface area (Å²) in [5.41, 5.74) is 5.23. The topological polar surface area (TPSA) is 82.3 Å².